The molecular weight excluding hydrogens is 364 g/mol. The van der Waals surface area contributed by atoms with E-state index in [1.165, 1.54) is 19.2 Å². The molecule has 0 atom stereocenters. The number of aryl methyl sites for hydroxylation is 3. The van der Waals surface area contributed by atoms with Crippen LogP contribution >= 0.6 is 0 Å². The highest BCUT2D eigenvalue weighted by atomic mass is 16.2. The lowest BCUT2D eigenvalue weighted by Gasteiger charge is -2.40. The molecule has 2 aromatic heterocycles. The third-order valence-electron chi connectivity index (χ3n) is 6.85. The van der Waals surface area contributed by atoms with E-state index in [1.54, 1.807) is 0 Å². The zero-order chi connectivity index (χ0) is 20.4. The Morgan fingerprint density at radius 3 is 2.10 bits per heavy atom. The van der Waals surface area contributed by atoms with E-state index in [-0.39, 0.29) is 5.91 Å². The molecule has 0 aromatic carbocycles. The molecule has 7 heteroatoms. The Kier molecular flexibility index (Phi) is 5.94. The Hall–Kier alpha value is -2.28. The van der Waals surface area contributed by atoms with E-state index in [0.717, 1.165) is 74.6 Å². The second-order valence-electron chi connectivity index (χ2n) is 8.62. The summed E-state index contributed by atoms with van der Waals surface area (Å²) in [6, 6.07) is 0. The number of imidazole rings is 1. The van der Waals surface area contributed by atoms with Crippen LogP contribution in [0.1, 0.15) is 53.3 Å². The predicted molar refractivity (Wildman–Crippen MR) is 111 cm³/mol. The summed E-state index contributed by atoms with van der Waals surface area (Å²) in [6.07, 6.45) is 10.2. The minimum absolute atomic E-state index is 0.101. The van der Waals surface area contributed by atoms with Crippen LogP contribution in [0.25, 0.3) is 0 Å². The first kappa shape index (κ1) is 20.0. The van der Waals surface area contributed by atoms with Gasteiger partial charge in [-0.25, -0.2) is 15.0 Å². The van der Waals surface area contributed by atoms with E-state index >= 15 is 0 Å². The van der Waals surface area contributed by atoms with E-state index in [4.69, 9.17) is 0 Å². The minimum atomic E-state index is 0.101. The Balaban J connectivity index is 1.27. The molecule has 156 valence electrons. The van der Waals surface area contributed by atoms with Crippen molar-refractivity contribution < 1.29 is 4.79 Å². The topological polar surface area (TPSA) is 67.2 Å². The van der Waals surface area contributed by atoms with Gasteiger partial charge in [-0.2, -0.15) is 0 Å². The average Bonchev–Trinajstić information content (AvgIpc) is 3.13. The molecule has 1 amide bonds. The van der Waals surface area contributed by atoms with Crippen LogP contribution in [0.4, 0.5) is 0 Å². The van der Waals surface area contributed by atoms with Gasteiger partial charge in [-0.05, 0) is 64.5 Å². The summed E-state index contributed by atoms with van der Waals surface area (Å²) < 4.78 is 2.11. The first-order valence-electron chi connectivity index (χ1n) is 10.8. The molecule has 2 aliphatic heterocycles. The van der Waals surface area contributed by atoms with Gasteiger partial charge in [0.25, 0.3) is 5.91 Å². The average molecular weight is 397 g/mol. The summed E-state index contributed by atoms with van der Waals surface area (Å²) in [4.78, 5) is 30.4. The number of piperidine rings is 2. The quantitative estimate of drug-likeness (QED) is 0.795. The minimum Gasteiger partial charge on any atom is -0.339 e. The molecule has 0 bridgehead atoms. The fourth-order valence-corrected chi connectivity index (χ4v) is 4.97. The van der Waals surface area contributed by atoms with Crippen molar-refractivity contribution in [1.82, 2.24) is 29.3 Å². The number of rotatable bonds is 4. The van der Waals surface area contributed by atoms with Gasteiger partial charge in [0.15, 0.2) is 0 Å². The lowest BCUT2D eigenvalue weighted by molar-refractivity contribution is 0.0594. The van der Waals surface area contributed by atoms with Crippen molar-refractivity contribution in [2.24, 2.45) is 18.9 Å². The van der Waals surface area contributed by atoms with Crippen LogP contribution in [0.15, 0.2) is 18.7 Å². The second kappa shape index (κ2) is 8.61. The van der Waals surface area contributed by atoms with Crippen molar-refractivity contribution in [2.45, 2.75) is 46.1 Å². The Morgan fingerprint density at radius 1 is 0.966 bits per heavy atom. The number of nitrogens with zero attached hydrogens (tertiary/aromatic N) is 6. The van der Waals surface area contributed by atoms with Crippen LogP contribution in [0.3, 0.4) is 0 Å². The monoisotopic (exact) mass is 396 g/mol. The van der Waals surface area contributed by atoms with Gasteiger partial charge in [0.1, 0.15) is 12.2 Å². The van der Waals surface area contributed by atoms with E-state index in [0.29, 0.717) is 5.56 Å². The summed E-state index contributed by atoms with van der Waals surface area (Å²) in [6.45, 7) is 8.74. The molecule has 4 rings (SSSR count). The van der Waals surface area contributed by atoms with E-state index < -0.39 is 0 Å². The standard InChI is InChI=1S/C22H32N6O/c1-16-21(17(2)25-15-24-16)22(29)28-11-6-19(7-12-28)18-4-9-27(10-5-18)14-20-23-8-13-26(20)3/h8,13,15,18-19H,4-7,9-12,14H2,1-3H3. The van der Waals surface area contributed by atoms with Gasteiger partial charge >= 0.3 is 0 Å². The SMILES string of the molecule is Cc1ncnc(C)c1C(=O)N1CCC(C2CCN(Cc3nccn3C)CC2)CC1. The number of hydrogen-bond donors (Lipinski definition) is 0. The lowest BCUT2D eigenvalue weighted by atomic mass is 9.78. The molecule has 2 fully saturated rings. The van der Waals surface area contributed by atoms with Gasteiger partial charge in [-0.3, -0.25) is 9.69 Å². The third kappa shape index (κ3) is 4.34. The molecule has 0 radical (unpaired) electrons. The van der Waals surface area contributed by atoms with Crippen LogP contribution in [-0.2, 0) is 13.6 Å². The number of amides is 1. The maximum atomic E-state index is 13.0. The molecule has 4 heterocycles. The second-order valence-corrected chi connectivity index (χ2v) is 8.62. The highest BCUT2D eigenvalue weighted by molar-refractivity contribution is 5.96. The smallest absolute Gasteiger partial charge is 0.257 e. The summed E-state index contributed by atoms with van der Waals surface area (Å²) in [5.74, 6) is 2.77. The van der Waals surface area contributed by atoms with Gasteiger partial charge in [0.2, 0.25) is 0 Å². The number of aromatic nitrogens is 4. The zero-order valence-electron chi connectivity index (χ0n) is 17.8. The van der Waals surface area contributed by atoms with Gasteiger partial charge in [-0.1, -0.05) is 0 Å². The van der Waals surface area contributed by atoms with Crippen LogP contribution in [0, 0.1) is 25.7 Å². The van der Waals surface area contributed by atoms with Gasteiger partial charge in [0.05, 0.1) is 23.5 Å². The van der Waals surface area contributed by atoms with Crippen molar-refractivity contribution in [3.05, 3.63) is 41.5 Å². The van der Waals surface area contributed by atoms with Crippen LogP contribution in [0.2, 0.25) is 0 Å². The van der Waals surface area contributed by atoms with Crippen molar-refractivity contribution in [2.75, 3.05) is 26.2 Å². The van der Waals surface area contributed by atoms with Gasteiger partial charge in [-0.15, -0.1) is 0 Å². The Bertz CT molecular complexity index is 826. The Morgan fingerprint density at radius 2 is 1.55 bits per heavy atom. The number of likely N-dealkylation sites (tertiary alicyclic amines) is 2. The molecule has 2 aliphatic rings. The zero-order valence-corrected chi connectivity index (χ0v) is 17.8. The maximum Gasteiger partial charge on any atom is 0.257 e. The highest BCUT2D eigenvalue weighted by Crippen LogP contribution is 2.33. The fraction of sp³-hybridized carbons (Fsp3) is 0.636. The number of carbonyl (C=O) groups excluding carboxylic acids is 1. The van der Waals surface area contributed by atoms with Crippen LogP contribution < -0.4 is 0 Å². The lowest BCUT2D eigenvalue weighted by Crippen LogP contribution is -2.43. The normalized spacial score (nSPS) is 19.6. The molecule has 0 N–H and O–H groups in total. The van der Waals surface area contributed by atoms with E-state index in [2.05, 4.69) is 31.5 Å². The first-order valence-corrected chi connectivity index (χ1v) is 10.8. The molecule has 0 aliphatic carbocycles. The molecule has 0 saturated carbocycles. The highest BCUT2D eigenvalue weighted by Gasteiger charge is 2.32. The Labute approximate surface area is 173 Å². The van der Waals surface area contributed by atoms with E-state index in [1.807, 2.05) is 31.1 Å². The molecule has 0 spiro atoms. The van der Waals surface area contributed by atoms with Crippen molar-refractivity contribution >= 4 is 5.91 Å². The summed E-state index contributed by atoms with van der Waals surface area (Å²) in [5.41, 5.74) is 2.25. The first-order chi connectivity index (χ1) is 14.0. The molecule has 2 saturated heterocycles. The van der Waals surface area contributed by atoms with Crippen LogP contribution in [-0.4, -0.2) is 61.4 Å². The molecule has 29 heavy (non-hydrogen) atoms. The fourth-order valence-electron chi connectivity index (χ4n) is 4.97. The molecular formula is C22H32N6O. The van der Waals surface area contributed by atoms with E-state index in [9.17, 15) is 4.79 Å². The van der Waals surface area contributed by atoms with Gasteiger partial charge < -0.3 is 9.47 Å². The molecule has 7 nitrogen and oxygen atoms in total. The van der Waals surface area contributed by atoms with Crippen molar-refractivity contribution in [1.29, 1.82) is 0 Å². The largest absolute Gasteiger partial charge is 0.339 e. The number of hydrogen-bond acceptors (Lipinski definition) is 5. The molecule has 2 aromatic rings. The van der Waals surface area contributed by atoms with Crippen molar-refractivity contribution in [3.8, 4) is 0 Å². The van der Waals surface area contributed by atoms with Gasteiger partial charge in [0, 0.05) is 32.5 Å². The van der Waals surface area contributed by atoms with Crippen LogP contribution in [0.5, 0.6) is 0 Å². The van der Waals surface area contributed by atoms with Crippen molar-refractivity contribution in [3.63, 3.8) is 0 Å². The number of carbonyl (C=O) groups is 1. The summed E-state index contributed by atoms with van der Waals surface area (Å²) in [7, 11) is 2.06. The maximum absolute atomic E-state index is 13.0. The summed E-state index contributed by atoms with van der Waals surface area (Å²) in [5, 5.41) is 0. The molecule has 0 unspecified atom stereocenters. The summed E-state index contributed by atoms with van der Waals surface area (Å²) >= 11 is 0. The predicted octanol–water partition coefficient (Wildman–Crippen LogP) is 2.59. The third-order valence-corrected chi connectivity index (χ3v) is 6.85.